The third-order valence-electron chi connectivity index (χ3n) is 1.51. The zero-order valence-electron chi connectivity index (χ0n) is 7.36. The highest BCUT2D eigenvalue weighted by Crippen LogP contribution is 2.08. The van der Waals surface area contributed by atoms with Crippen LogP contribution in [0.25, 0.3) is 0 Å². The normalized spacial score (nSPS) is 9.85. The van der Waals surface area contributed by atoms with Crippen molar-refractivity contribution in [3.8, 4) is 0 Å². The Morgan fingerprint density at radius 2 is 1.62 bits per heavy atom. The smallest absolute Gasteiger partial charge is 0.364 e. The molecule has 0 atom stereocenters. The van der Waals surface area contributed by atoms with Crippen molar-refractivity contribution in [2.24, 2.45) is 0 Å². The van der Waals surface area contributed by atoms with Gasteiger partial charge in [0, 0.05) is 12.2 Å². The van der Waals surface area contributed by atoms with E-state index in [0.717, 1.165) is 31.0 Å². The molecule has 0 spiro atoms. The Bertz CT molecular complexity index is 152. The van der Waals surface area contributed by atoms with Crippen molar-refractivity contribution in [3.05, 3.63) is 0 Å². The summed E-state index contributed by atoms with van der Waals surface area (Å²) in [5.41, 5.74) is 0. The van der Waals surface area contributed by atoms with Gasteiger partial charge in [0.25, 0.3) is 0 Å². The van der Waals surface area contributed by atoms with Crippen molar-refractivity contribution >= 4 is 23.0 Å². The van der Waals surface area contributed by atoms with Gasteiger partial charge < -0.3 is 10.2 Å². The van der Waals surface area contributed by atoms with Gasteiger partial charge in [-0.1, -0.05) is 12.8 Å². The van der Waals surface area contributed by atoms with Gasteiger partial charge in [0.1, 0.15) is 0 Å². The van der Waals surface area contributed by atoms with Crippen LogP contribution in [0.1, 0.15) is 32.1 Å². The lowest BCUT2D eigenvalue weighted by atomic mass is 10.2. The fraction of sp³-hybridized carbons (Fsp3) is 0.750. The van der Waals surface area contributed by atoms with Crippen LogP contribution in [-0.2, 0) is 4.79 Å². The molecule has 5 heteroatoms. The van der Waals surface area contributed by atoms with Crippen molar-refractivity contribution in [3.63, 3.8) is 0 Å². The second kappa shape index (κ2) is 7.91. The lowest BCUT2D eigenvalue weighted by Crippen LogP contribution is -1.94. The highest BCUT2D eigenvalue weighted by Gasteiger charge is 1.98. The molecule has 0 aliphatic rings. The van der Waals surface area contributed by atoms with Crippen molar-refractivity contribution < 1.29 is 19.8 Å². The summed E-state index contributed by atoms with van der Waals surface area (Å²) in [5, 5.41) is 15.7. The number of carboxylic acid groups (broad SMARTS) is 2. The summed E-state index contributed by atoms with van der Waals surface area (Å²) in [6.45, 7) is 0. The van der Waals surface area contributed by atoms with Gasteiger partial charge in [0.2, 0.25) is 0 Å². The Balaban J connectivity index is 3.00. The van der Waals surface area contributed by atoms with Crippen LogP contribution in [0.15, 0.2) is 0 Å². The Labute approximate surface area is 81.3 Å². The quantitative estimate of drug-likeness (QED) is 0.626. The maximum Gasteiger partial charge on any atom is 0.364 e. The SMILES string of the molecule is O=C(O)CCCCCCSC(=O)O. The fourth-order valence-electron chi connectivity index (χ4n) is 0.891. The summed E-state index contributed by atoms with van der Waals surface area (Å²) in [6.07, 6.45) is 3.52. The van der Waals surface area contributed by atoms with Gasteiger partial charge in [-0.05, 0) is 24.6 Å². The van der Waals surface area contributed by atoms with Gasteiger partial charge in [0.15, 0.2) is 0 Å². The van der Waals surface area contributed by atoms with Crippen molar-refractivity contribution in [2.75, 3.05) is 5.75 Å². The number of hydrogen-bond donors (Lipinski definition) is 2. The first kappa shape index (κ1) is 12.3. The molecule has 0 rings (SSSR count). The van der Waals surface area contributed by atoms with E-state index in [9.17, 15) is 9.59 Å². The highest BCUT2D eigenvalue weighted by atomic mass is 32.2. The van der Waals surface area contributed by atoms with Gasteiger partial charge >= 0.3 is 11.3 Å². The molecule has 0 aromatic carbocycles. The number of carboxylic acids is 1. The van der Waals surface area contributed by atoms with Gasteiger partial charge in [-0.2, -0.15) is 0 Å². The van der Waals surface area contributed by atoms with Crippen LogP contribution in [0.2, 0.25) is 0 Å². The maximum absolute atomic E-state index is 10.1. The van der Waals surface area contributed by atoms with Crippen molar-refractivity contribution in [1.82, 2.24) is 0 Å². The first-order chi connectivity index (χ1) is 6.13. The minimum Gasteiger partial charge on any atom is -0.481 e. The molecule has 0 aromatic heterocycles. The van der Waals surface area contributed by atoms with Gasteiger partial charge in [-0.15, -0.1) is 0 Å². The molecule has 0 fully saturated rings. The van der Waals surface area contributed by atoms with E-state index >= 15 is 0 Å². The van der Waals surface area contributed by atoms with E-state index in [4.69, 9.17) is 10.2 Å². The number of thioether (sulfide) groups is 1. The van der Waals surface area contributed by atoms with Crippen molar-refractivity contribution in [2.45, 2.75) is 32.1 Å². The predicted octanol–water partition coefficient (Wildman–Crippen LogP) is 2.43. The van der Waals surface area contributed by atoms with Crippen LogP contribution >= 0.6 is 11.8 Å². The summed E-state index contributed by atoms with van der Waals surface area (Å²) in [5.74, 6) is -0.150. The molecule has 2 N–H and O–H groups in total. The molecule has 4 nitrogen and oxygen atoms in total. The largest absolute Gasteiger partial charge is 0.481 e. The van der Waals surface area contributed by atoms with Crippen LogP contribution in [0.5, 0.6) is 0 Å². The van der Waals surface area contributed by atoms with E-state index in [-0.39, 0.29) is 6.42 Å². The first-order valence-electron chi connectivity index (χ1n) is 4.20. The summed E-state index contributed by atoms with van der Waals surface area (Å²) < 4.78 is 0. The average Bonchev–Trinajstić information content (AvgIpc) is 2.01. The molecule has 0 radical (unpaired) electrons. The zero-order valence-corrected chi connectivity index (χ0v) is 8.18. The third-order valence-corrected chi connectivity index (χ3v) is 2.25. The minimum atomic E-state index is -0.842. The molecule has 0 unspecified atom stereocenters. The molecule has 0 saturated heterocycles. The number of unbranched alkanes of at least 4 members (excludes halogenated alkanes) is 3. The topological polar surface area (TPSA) is 74.6 Å². The molecule has 0 saturated carbocycles. The molecule has 76 valence electrons. The zero-order chi connectivity index (χ0) is 10.1. The van der Waals surface area contributed by atoms with Crippen LogP contribution in [0.3, 0.4) is 0 Å². The molecule has 0 aliphatic carbocycles. The fourth-order valence-corrected chi connectivity index (χ4v) is 1.41. The van der Waals surface area contributed by atoms with E-state index in [2.05, 4.69) is 0 Å². The second-order valence-electron chi connectivity index (χ2n) is 2.67. The van der Waals surface area contributed by atoms with Crippen molar-refractivity contribution in [1.29, 1.82) is 0 Å². The maximum atomic E-state index is 10.1. The van der Waals surface area contributed by atoms with E-state index in [0.29, 0.717) is 12.2 Å². The summed E-state index contributed by atoms with van der Waals surface area (Å²) in [4.78, 5) is 20.2. The standard InChI is InChI=1S/C8H14O4S/c9-7(10)5-3-1-2-4-6-13-8(11)12/h1-6H2,(H,9,10)(H,11,12). The van der Waals surface area contributed by atoms with Crippen LogP contribution in [0.4, 0.5) is 4.79 Å². The van der Waals surface area contributed by atoms with Crippen LogP contribution < -0.4 is 0 Å². The Morgan fingerprint density at radius 1 is 1.00 bits per heavy atom. The van der Waals surface area contributed by atoms with Crippen LogP contribution in [0, 0.1) is 0 Å². The Hall–Kier alpha value is -0.710. The van der Waals surface area contributed by atoms with Gasteiger partial charge in [0.05, 0.1) is 0 Å². The number of rotatable bonds is 7. The predicted molar refractivity (Wildman–Crippen MR) is 51.2 cm³/mol. The summed E-state index contributed by atoms with van der Waals surface area (Å²) >= 11 is 0.896. The molecule has 0 heterocycles. The highest BCUT2D eigenvalue weighted by molar-refractivity contribution is 8.13. The summed E-state index contributed by atoms with van der Waals surface area (Å²) in [6, 6.07) is 0. The Morgan fingerprint density at radius 3 is 2.15 bits per heavy atom. The lowest BCUT2D eigenvalue weighted by molar-refractivity contribution is -0.137. The number of aliphatic carboxylic acids is 1. The third kappa shape index (κ3) is 11.3. The van der Waals surface area contributed by atoms with Gasteiger partial charge in [-0.25, -0.2) is 4.79 Å². The summed E-state index contributed by atoms with van der Waals surface area (Å²) in [7, 11) is 0. The molecular formula is C8H14O4S. The van der Waals surface area contributed by atoms with Gasteiger partial charge in [-0.3, -0.25) is 4.79 Å². The monoisotopic (exact) mass is 206 g/mol. The molecule has 0 amide bonds. The van der Waals surface area contributed by atoms with E-state index < -0.39 is 11.3 Å². The molecule has 0 aliphatic heterocycles. The molecule has 13 heavy (non-hydrogen) atoms. The first-order valence-corrected chi connectivity index (χ1v) is 5.19. The molecule has 0 aromatic rings. The second-order valence-corrected chi connectivity index (χ2v) is 3.72. The minimum absolute atomic E-state index is 0.214. The number of hydrogen-bond acceptors (Lipinski definition) is 3. The Kier molecular flexibility index (Phi) is 7.48. The van der Waals surface area contributed by atoms with Crippen LogP contribution in [-0.4, -0.2) is 27.2 Å². The lowest BCUT2D eigenvalue weighted by Gasteiger charge is -1.97. The average molecular weight is 206 g/mol. The molecular weight excluding hydrogens is 192 g/mol. The van der Waals surface area contributed by atoms with E-state index in [1.54, 1.807) is 0 Å². The van der Waals surface area contributed by atoms with E-state index in [1.807, 2.05) is 0 Å². The number of carbonyl (C=O) groups is 2. The molecule has 0 bridgehead atoms. The van der Waals surface area contributed by atoms with E-state index in [1.165, 1.54) is 0 Å².